The first-order chi connectivity index (χ1) is 9.25. The van der Waals surface area contributed by atoms with E-state index >= 15 is 0 Å². The van der Waals surface area contributed by atoms with Crippen molar-refractivity contribution < 1.29 is 0 Å². The molecule has 2 aromatic rings. The fourth-order valence-corrected chi connectivity index (χ4v) is 1.84. The fourth-order valence-electron chi connectivity index (χ4n) is 1.84. The predicted octanol–water partition coefficient (Wildman–Crippen LogP) is 3.70. The highest BCUT2D eigenvalue weighted by molar-refractivity contribution is 5.34. The van der Waals surface area contributed by atoms with Gasteiger partial charge in [0.15, 0.2) is 0 Å². The molecule has 0 amide bonds. The molecule has 0 saturated carbocycles. The Kier molecular flexibility index (Phi) is 4.78. The standard InChI is InChI=1S/C18H19N/c1-15-10-12-18(13-11-15)16(2)19-14-6-9-17-7-4-3-5-8-17/h3-5,7-8,10-13,16,19H,14H2,1-2H3/t16-/m0/s1. The highest BCUT2D eigenvalue weighted by Gasteiger charge is 2.02. The summed E-state index contributed by atoms with van der Waals surface area (Å²) in [5.74, 6) is 6.30. The van der Waals surface area contributed by atoms with Crippen molar-refractivity contribution in [3.05, 3.63) is 71.3 Å². The van der Waals surface area contributed by atoms with Crippen LogP contribution in [0.3, 0.4) is 0 Å². The second kappa shape index (κ2) is 6.78. The van der Waals surface area contributed by atoms with Crippen molar-refractivity contribution in [2.75, 3.05) is 6.54 Å². The minimum Gasteiger partial charge on any atom is -0.300 e. The first-order valence-corrected chi connectivity index (χ1v) is 6.59. The van der Waals surface area contributed by atoms with E-state index in [9.17, 15) is 0 Å². The number of hydrogen-bond donors (Lipinski definition) is 1. The molecule has 0 heterocycles. The Morgan fingerprint density at radius 2 is 1.68 bits per heavy atom. The summed E-state index contributed by atoms with van der Waals surface area (Å²) < 4.78 is 0. The van der Waals surface area contributed by atoms with Gasteiger partial charge in [-0.1, -0.05) is 59.9 Å². The Morgan fingerprint density at radius 3 is 2.37 bits per heavy atom. The van der Waals surface area contributed by atoms with Crippen LogP contribution in [0.1, 0.15) is 29.7 Å². The SMILES string of the molecule is Cc1ccc([C@H](C)NCC#Cc2ccccc2)cc1. The van der Waals surface area contributed by atoms with Crippen LogP contribution in [-0.2, 0) is 0 Å². The second-order valence-electron chi connectivity index (χ2n) is 4.68. The Morgan fingerprint density at radius 1 is 1.00 bits per heavy atom. The van der Waals surface area contributed by atoms with Crippen molar-refractivity contribution in [3.63, 3.8) is 0 Å². The maximum absolute atomic E-state index is 3.41. The molecule has 1 atom stereocenters. The van der Waals surface area contributed by atoms with Gasteiger partial charge < -0.3 is 0 Å². The highest BCUT2D eigenvalue weighted by atomic mass is 14.9. The van der Waals surface area contributed by atoms with Crippen molar-refractivity contribution in [2.24, 2.45) is 0 Å². The van der Waals surface area contributed by atoms with Gasteiger partial charge in [0.05, 0.1) is 6.54 Å². The van der Waals surface area contributed by atoms with Crippen LogP contribution in [0.15, 0.2) is 54.6 Å². The molecule has 0 bridgehead atoms. The van der Waals surface area contributed by atoms with E-state index in [0.717, 1.165) is 5.56 Å². The van der Waals surface area contributed by atoms with Gasteiger partial charge in [0.2, 0.25) is 0 Å². The van der Waals surface area contributed by atoms with E-state index in [0.29, 0.717) is 12.6 Å². The van der Waals surface area contributed by atoms with Gasteiger partial charge >= 0.3 is 0 Å². The number of aryl methyl sites for hydroxylation is 1. The molecular weight excluding hydrogens is 230 g/mol. The third-order valence-corrected chi connectivity index (χ3v) is 3.08. The lowest BCUT2D eigenvalue weighted by Gasteiger charge is -2.12. The van der Waals surface area contributed by atoms with Crippen molar-refractivity contribution in [2.45, 2.75) is 19.9 Å². The minimum atomic E-state index is 0.325. The number of hydrogen-bond acceptors (Lipinski definition) is 1. The maximum Gasteiger partial charge on any atom is 0.0584 e. The molecular formula is C18H19N. The first kappa shape index (κ1) is 13.4. The Labute approximate surface area is 115 Å². The zero-order chi connectivity index (χ0) is 13.5. The summed E-state index contributed by atoms with van der Waals surface area (Å²) >= 11 is 0. The van der Waals surface area contributed by atoms with Gasteiger partial charge in [-0.2, -0.15) is 0 Å². The van der Waals surface area contributed by atoms with Crippen LogP contribution in [-0.4, -0.2) is 6.54 Å². The van der Waals surface area contributed by atoms with Gasteiger partial charge in [0.25, 0.3) is 0 Å². The largest absolute Gasteiger partial charge is 0.300 e. The second-order valence-corrected chi connectivity index (χ2v) is 4.68. The van der Waals surface area contributed by atoms with Crippen LogP contribution in [0.5, 0.6) is 0 Å². The summed E-state index contributed by atoms with van der Waals surface area (Å²) in [5.41, 5.74) is 3.65. The Bertz CT molecular complexity index is 558. The molecule has 0 saturated heterocycles. The van der Waals surface area contributed by atoms with Crippen LogP contribution >= 0.6 is 0 Å². The third-order valence-electron chi connectivity index (χ3n) is 3.08. The summed E-state index contributed by atoms with van der Waals surface area (Å²) in [6.07, 6.45) is 0. The van der Waals surface area contributed by atoms with Gasteiger partial charge in [0, 0.05) is 11.6 Å². The van der Waals surface area contributed by atoms with Gasteiger partial charge in [-0.25, -0.2) is 0 Å². The molecule has 0 aliphatic carbocycles. The van der Waals surface area contributed by atoms with Crippen molar-refractivity contribution >= 4 is 0 Å². The molecule has 0 spiro atoms. The molecule has 2 rings (SSSR count). The van der Waals surface area contributed by atoms with Gasteiger partial charge in [-0.15, -0.1) is 0 Å². The summed E-state index contributed by atoms with van der Waals surface area (Å²) in [6, 6.07) is 19.0. The first-order valence-electron chi connectivity index (χ1n) is 6.59. The molecule has 2 aromatic carbocycles. The fraction of sp³-hybridized carbons (Fsp3) is 0.222. The lowest BCUT2D eigenvalue weighted by Crippen LogP contribution is -2.18. The monoisotopic (exact) mass is 249 g/mol. The number of rotatable bonds is 3. The minimum absolute atomic E-state index is 0.325. The van der Waals surface area contributed by atoms with Crippen LogP contribution in [0.2, 0.25) is 0 Å². The van der Waals surface area contributed by atoms with Crippen molar-refractivity contribution in [1.29, 1.82) is 0 Å². The number of benzene rings is 2. The quantitative estimate of drug-likeness (QED) is 0.818. The zero-order valence-corrected chi connectivity index (χ0v) is 11.5. The van der Waals surface area contributed by atoms with E-state index in [1.165, 1.54) is 11.1 Å². The summed E-state index contributed by atoms with van der Waals surface area (Å²) in [4.78, 5) is 0. The lowest BCUT2D eigenvalue weighted by molar-refractivity contribution is 0.623. The Balaban J connectivity index is 1.86. The van der Waals surface area contributed by atoms with Crippen LogP contribution in [0.4, 0.5) is 0 Å². The average molecular weight is 249 g/mol. The molecule has 0 aliphatic rings. The van der Waals surface area contributed by atoms with Gasteiger partial charge in [0.1, 0.15) is 0 Å². The molecule has 19 heavy (non-hydrogen) atoms. The van der Waals surface area contributed by atoms with Gasteiger partial charge in [-0.3, -0.25) is 5.32 Å². The van der Waals surface area contributed by atoms with Crippen LogP contribution in [0.25, 0.3) is 0 Å². The molecule has 1 N–H and O–H groups in total. The molecule has 96 valence electrons. The zero-order valence-electron chi connectivity index (χ0n) is 11.5. The van der Waals surface area contributed by atoms with Crippen LogP contribution < -0.4 is 5.32 Å². The van der Waals surface area contributed by atoms with E-state index in [2.05, 4.69) is 55.3 Å². The molecule has 1 heteroatoms. The van der Waals surface area contributed by atoms with Crippen molar-refractivity contribution in [3.8, 4) is 11.8 Å². The third kappa shape index (κ3) is 4.28. The van der Waals surface area contributed by atoms with E-state index < -0.39 is 0 Å². The normalized spacial score (nSPS) is 11.5. The molecule has 0 aromatic heterocycles. The topological polar surface area (TPSA) is 12.0 Å². The highest BCUT2D eigenvalue weighted by Crippen LogP contribution is 2.12. The van der Waals surface area contributed by atoms with E-state index in [1.54, 1.807) is 0 Å². The summed E-state index contributed by atoms with van der Waals surface area (Å²) in [7, 11) is 0. The summed E-state index contributed by atoms with van der Waals surface area (Å²) in [6.45, 7) is 4.96. The predicted molar refractivity (Wildman–Crippen MR) is 80.9 cm³/mol. The molecule has 0 radical (unpaired) electrons. The maximum atomic E-state index is 3.41. The van der Waals surface area contributed by atoms with E-state index in [1.807, 2.05) is 30.3 Å². The Hall–Kier alpha value is -2.04. The van der Waals surface area contributed by atoms with E-state index in [4.69, 9.17) is 0 Å². The molecule has 0 aliphatic heterocycles. The van der Waals surface area contributed by atoms with E-state index in [-0.39, 0.29) is 0 Å². The summed E-state index contributed by atoms with van der Waals surface area (Å²) in [5, 5.41) is 3.41. The van der Waals surface area contributed by atoms with Crippen LogP contribution in [0, 0.1) is 18.8 Å². The molecule has 0 fully saturated rings. The number of nitrogens with one attached hydrogen (secondary N) is 1. The lowest BCUT2D eigenvalue weighted by atomic mass is 10.1. The van der Waals surface area contributed by atoms with Gasteiger partial charge in [-0.05, 0) is 31.5 Å². The molecule has 0 unspecified atom stereocenters. The molecule has 1 nitrogen and oxygen atoms in total. The smallest absolute Gasteiger partial charge is 0.0584 e. The average Bonchev–Trinajstić information content (AvgIpc) is 2.45. The van der Waals surface area contributed by atoms with Crippen molar-refractivity contribution in [1.82, 2.24) is 5.32 Å².